The molecule has 0 bridgehead atoms. The van der Waals surface area contributed by atoms with Crippen molar-refractivity contribution in [2.75, 3.05) is 40.5 Å². The van der Waals surface area contributed by atoms with Gasteiger partial charge in [-0.3, -0.25) is 14.4 Å². The van der Waals surface area contributed by atoms with Gasteiger partial charge in [0.15, 0.2) is 16.9 Å². The Morgan fingerprint density at radius 1 is 1.10 bits per heavy atom. The molecule has 4 aromatic rings. The molecule has 0 aliphatic rings. The van der Waals surface area contributed by atoms with Crippen molar-refractivity contribution in [1.82, 2.24) is 20.0 Å². The molecule has 2 heterocycles. The molecule has 4 rings (SSSR count). The smallest absolute Gasteiger partial charge is 0.443 e. The summed E-state index contributed by atoms with van der Waals surface area (Å²) < 4.78 is 62.8. The summed E-state index contributed by atoms with van der Waals surface area (Å²) in [4.78, 5) is 20.0. The highest BCUT2D eigenvalue weighted by Crippen LogP contribution is 2.41. The largest absolute Gasteiger partial charge is 0.480 e. The van der Waals surface area contributed by atoms with E-state index in [1.165, 1.54) is 6.07 Å². The molecule has 0 saturated heterocycles. The molecular formula is C26H26ClF3N4O5S. The van der Waals surface area contributed by atoms with Gasteiger partial charge in [-0.05, 0) is 23.8 Å². The Morgan fingerprint density at radius 3 is 2.38 bits per heavy atom. The van der Waals surface area contributed by atoms with Crippen LogP contribution in [0.4, 0.5) is 13.2 Å². The quantitative estimate of drug-likeness (QED) is 0.218. The van der Waals surface area contributed by atoms with E-state index in [4.69, 9.17) is 25.8 Å². The monoisotopic (exact) mass is 598 g/mol. The molecule has 9 nitrogen and oxygen atoms in total. The van der Waals surface area contributed by atoms with Gasteiger partial charge >= 0.3 is 11.9 Å². The third-order valence-corrected chi connectivity index (χ3v) is 7.30. The zero-order valence-electron chi connectivity index (χ0n) is 21.5. The number of aromatic nitrogens is 3. The van der Waals surface area contributed by atoms with Crippen molar-refractivity contribution < 1.29 is 31.9 Å². The number of ether oxygens (including phenoxy) is 3. The zero-order valence-corrected chi connectivity index (χ0v) is 23.1. The zero-order chi connectivity index (χ0) is 28.7. The highest BCUT2D eigenvalue weighted by atomic mass is 35.5. The van der Waals surface area contributed by atoms with Gasteiger partial charge in [-0.15, -0.1) is 11.3 Å². The summed E-state index contributed by atoms with van der Waals surface area (Å²) in [6.07, 6.45) is -5.56. The standard InChI is InChI=1S/C26H26ClF3N4O5S/c1-36-12-10-34(11-13-37-2)15-20-22(40-24(31-20)26(28,29)30)21(16-6-4-3-5-7-16)38-17-8-9-18(19(27)14-17)23-32-25(35)39-33-23/h3-9,14,21H,10-13,15H2,1-2H3,(H,32,33,35). The normalized spacial score (nSPS) is 12.7. The molecule has 0 amide bonds. The van der Waals surface area contributed by atoms with E-state index in [1.807, 2.05) is 4.90 Å². The van der Waals surface area contributed by atoms with Gasteiger partial charge in [0, 0.05) is 39.4 Å². The van der Waals surface area contributed by atoms with Gasteiger partial charge in [0.1, 0.15) is 5.75 Å². The van der Waals surface area contributed by atoms with Crippen molar-refractivity contribution >= 4 is 22.9 Å². The third-order valence-electron chi connectivity index (χ3n) is 5.80. The van der Waals surface area contributed by atoms with Crippen LogP contribution in [0.5, 0.6) is 5.75 Å². The molecule has 0 aliphatic heterocycles. The predicted octanol–water partition coefficient (Wildman–Crippen LogP) is 5.42. The maximum Gasteiger partial charge on any atom is 0.443 e. The number of nitrogens with zero attached hydrogens (tertiary/aromatic N) is 3. The number of halogens is 4. The molecule has 14 heteroatoms. The lowest BCUT2D eigenvalue weighted by atomic mass is 10.1. The van der Waals surface area contributed by atoms with Crippen LogP contribution < -0.4 is 10.5 Å². The van der Waals surface area contributed by atoms with Crippen molar-refractivity contribution in [2.24, 2.45) is 0 Å². The van der Waals surface area contributed by atoms with Gasteiger partial charge in [-0.2, -0.15) is 13.2 Å². The van der Waals surface area contributed by atoms with Gasteiger partial charge < -0.3 is 14.2 Å². The van der Waals surface area contributed by atoms with Gasteiger partial charge in [0.25, 0.3) is 0 Å². The van der Waals surface area contributed by atoms with Crippen LogP contribution in [-0.4, -0.2) is 60.5 Å². The molecule has 1 unspecified atom stereocenters. The van der Waals surface area contributed by atoms with Crippen molar-refractivity contribution in [1.29, 1.82) is 0 Å². The van der Waals surface area contributed by atoms with E-state index in [2.05, 4.69) is 19.6 Å². The van der Waals surface area contributed by atoms with Crippen molar-refractivity contribution in [3.8, 4) is 17.1 Å². The average molecular weight is 599 g/mol. The Hall–Kier alpha value is -3.23. The molecule has 0 spiro atoms. The fourth-order valence-corrected chi connectivity index (χ4v) is 5.13. The summed E-state index contributed by atoms with van der Waals surface area (Å²) in [6, 6.07) is 13.5. The summed E-state index contributed by atoms with van der Waals surface area (Å²) in [6.45, 7) is 1.83. The molecule has 2 aromatic heterocycles. The van der Waals surface area contributed by atoms with Crippen molar-refractivity contribution in [2.45, 2.75) is 18.8 Å². The first-order chi connectivity index (χ1) is 19.2. The van der Waals surface area contributed by atoms with Gasteiger partial charge in [-0.1, -0.05) is 47.1 Å². The topological polar surface area (TPSA) is 103 Å². The lowest BCUT2D eigenvalue weighted by molar-refractivity contribution is -0.137. The first kappa shape index (κ1) is 29.7. The molecule has 2 aromatic carbocycles. The molecular weight excluding hydrogens is 573 g/mol. The summed E-state index contributed by atoms with van der Waals surface area (Å²) in [5.74, 6) is -0.316. The SMILES string of the molecule is COCCN(CCOC)Cc1nc(C(F)(F)F)sc1C(Oc1ccc(-c2noc(=O)[nH]2)c(Cl)c1)c1ccccc1. The van der Waals surface area contributed by atoms with Crippen LogP contribution in [0.2, 0.25) is 5.02 Å². The maximum atomic E-state index is 13.9. The summed E-state index contributed by atoms with van der Waals surface area (Å²) in [7, 11) is 3.11. The first-order valence-electron chi connectivity index (χ1n) is 12.0. The molecule has 0 radical (unpaired) electrons. The summed E-state index contributed by atoms with van der Waals surface area (Å²) in [5, 5.41) is 2.86. The fraction of sp³-hybridized carbons (Fsp3) is 0.346. The van der Waals surface area contributed by atoms with Crippen LogP contribution in [-0.2, 0) is 22.2 Å². The molecule has 0 saturated carbocycles. The van der Waals surface area contributed by atoms with Crippen molar-refractivity contribution in [3.05, 3.63) is 85.2 Å². The van der Waals surface area contributed by atoms with Crippen LogP contribution in [0.25, 0.3) is 11.4 Å². The van der Waals surface area contributed by atoms with E-state index < -0.39 is 23.0 Å². The lowest BCUT2D eigenvalue weighted by Gasteiger charge is -2.24. The number of hydrogen-bond acceptors (Lipinski definition) is 9. The number of methoxy groups -OCH3 is 2. The Bertz CT molecular complexity index is 1440. The van der Waals surface area contributed by atoms with E-state index >= 15 is 0 Å². The Kier molecular flexibility index (Phi) is 9.98. The summed E-state index contributed by atoms with van der Waals surface area (Å²) in [5.41, 5.74) is 1.25. The number of aromatic amines is 1. The van der Waals surface area contributed by atoms with Crippen LogP contribution >= 0.6 is 22.9 Å². The lowest BCUT2D eigenvalue weighted by Crippen LogP contribution is -2.31. The molecule has 0 aliphatic carbocycles. The van der Waals surface area contributed by atoms with E-state index in [1.54, 1.807) is 56.7 Å². The minimum absolute atomic E-state index is 0.126. The highest BCUT2D eigenvalue weighted by molar-refractivity contribution is 7.12. The second kappa shape index (κ2) is 13.4. The second-order valence-corrected chi connectivity index (χ2v) is 10.0. The van der Waals surface area contributed by atoms with E-state index in [9.17, 15) is 18.0 Å². The molecule has 214 valence electrons. The molecule has 1 atom stereocenters. The van der Waals surface area contributed by atoms with E-state index in [-0.39, 0.29) is 28.8 Å². The van der Waals surface area contributed by atoms with Crippen molar-refractivity contribution in [3.63, 3.8) is 0 Å². The number of thiazole rings is 1. The highest BCUT2D eigenvalue weighted by Gasteiger charge is 2.38. The third kappa shape index (κ3) is 7.49. The minimum Gasteiger partial charge on any atom is -0.480 e. The predicted molar refractivity (Wildman–Crippen MR) is 143 cm³/mol. The number of nitrogens with one attached hydrogen (secondary N) is 1. The van der Waals surface area contributed by atoms with Crippen LogP contribution in [0.1, 0.15) is 27.2 Å². The average Bonchev–Trinajstić information content (AvgIpc) is 3.55. The number of rotatable bonds is 13. The Morgan fingerprint density at radius 2 is 1.80 bits per heavy atom. The number of hydrogen-bond donors (Lipinski definition) is 1. The number of H-pyrrole nitrogens is 1. The Balaban J connectivity index is 1.74. The van der Waals surface area contributed by atoms with E-state index in [0.29, 0.717) is 53.6 Å². The van der Waals surface area contributed by atoms with Gasteiger partial charge in [-0.25, -0.2) is 9.78 Å². The van der Waals surface area contributed by atoms with Crippen LogP contribution in [0.15, 0.2) is 57.8 Å². The molecule has 0 fully saturated rings. The Labute approximate surface area is 236 Å². The maximum absolute atomic E-state index is 13.9. The van der Waals surface area contributed by atoms with Crippen LogP contribution in [0.3, 0.4) is 0 Å². The second-order valence-electron chi connectivity index (χ2n) is 8.58. The van der Waals surface area contributed by atoms with Crippen LogP contribution in [0, 0.1) is 0 Å². The van der Waals surface area contributed by atoms with E-state index in [0.717, 1.165) is 0 Å². The number of benzene rings is 2. The molecule has 1 N–H and O–H groups in total. The molecule has 40 heavy (non-hydrogen) atoms. The van der Waals surface area contributed by atoms with Gasteiger partial charge in [0.2, 0.25) is 0 Å². The number of alkyl halides is 3. The minimum atomic E-state index is -4.64. The first-order valence-corrected chi connectivity index (χ1v) is 13.2. The van der Waals surface area contributed by atoms with Gasteiger partial charge in [0.05, 0.1) is 28.8 Å². The summed E-state index contributed by atoms with van der Waals surface area (Å²) >= 11 is 6.98. The fourth-order valence-electron chi connectivity index (χ4n) is 3.87.